The highest BCUT2D eigenvalue weighted by atomic mass is 16.5. The number of aryl methyl sites for hydroxylation is 1. The first-order chi connectivity index (χ1) is 9.83. The molecule has 0 atom stereocenters. The van der Waals surface area contributed by atoms with Crippen LogP contribution in [0.2, 0.25) is 0 Å². The third kappa shape index (κ3) is 4.14. The van der Waals surface area contributed by atoms with Gasteiger partial charge < -0.3 is 15.2 Å². The molecule has 0 saturated carbocycles. The monoisotopic (exact) mass is 273 g/mol. The Balaban J connectivity index is 1.96. The molecule has 0 heterocycles. The van der Waals surface area contributed by atoms with Crippen LogP contribution in [0.3, 0.4) is 0 Å². The largest absolute Gasteiger partial charge is 0.497 e. The summed E-state index contributed by atoms with van der Waals surface area (Å²) in [7, 11) is 1.71. The lowest BCUT2D eigenvalue weighted by Gasteiger charge is -2.16. The Hall–Kier alpha value is -1.74. The second kappa shape index (κ2) is 7.75. The summed E-state index contributed by atoms with van der Waals surface area (Å²) in [6, 6.07) is 8.25. The first kappa shape index (κ1) is 14.7. The maximum Gasteiger partial charge on any atom is 0.121 e. The SMILES string of the molecule is COC1=C(COc2cccc(CCCN)c2)CCC=C1. The molecular formula is C17H23NO2. The highest BCUT2D eigenvalue weighted by Crippen LogP contribution is 2.21. The van der Waals surface area contributed by atoms with Crippen molar-refractivity contribution in [1.82, 2.24) is 0 Å². The van der Waals surface area contributed by atoms with Crippen LogP contribution in [-0.4, -0.2) is 20.3 Å². The molecule has 0 saturated heterocycles. The fourth-order valence-corrected chi connectivity index (χ4v) is 2.31. The van der Waals surface area contributed by atoms with E-state index < -0.39 is 0 Å². The molecule has 0 spiro atoms. The summed E-state index contributed by atoms with van der Waals surface area (Å²) < 4.78 is 11.3. The van der Waals surface area contributed by atoms with Crippen LogP contribution in [0.1, 0.15) is 24.8 Å². The summed E-state index contributed by atoms with van der Waals surface area (Å²) in [5, 5.41) is 0. The molecule has 2 rings (SSSR count). The average molecular weight is 273 g/mol. The van der Waals surface area contributed by atoms with Crippen molar-refractivity contribution in [2.75, 3.05) is 20.3 Å². The van der Waals surface area contributed by atoms with Gasteiger partial charge in [-0.15, -0.1) is 0 Å². The molecule has 1 aliphatic carbocycles. The van der Waals surface area contributed by atoms with Gasteiger partial charge in [0, 0.05) is 5.57 Å². The third-order valence-corrected chi connectivity index (χ3v) is 3.43. The first-order valence-corrected chi connectivity index (χ1v) is 7.18. The maximum absolute atomic E-state index is 5.90. The Labute approximate surface area is 121 Å². The molecule has 2 N–H and O–H groups in total. The fraction of sp³-hybridized carbons (Fsp3) is 0.412. The Kier molecular flexibility index (Phi) is 5.69. The number of hydrogen-bond acceptors (Lipinski definition) is 3. The summed E-state index contributed by atoms with van der Waals surface area (Å²) in [4.78, 5) is 0. The van der Waals surface area contributed by atoms with Crippen molar-refractivity contribution in [2.45, 2.75) is 25.7 Å². The van der Waals surface area contributed by atoms with Gasteiger partial charge in [-0.3, -0.25) is 0 Å². The van der Waals surface area contributed by atoms with Gasteiger partial charge in [0.2, 0.25) is 0 Å². The number of benzene rings is 1. The molecule has 3 nitrogen and oxygen atoms in total. The van der Waals surface area contributed by atoms with Gasteiger partial charge >= 0.3 is 0 Å². The third-order valence-electron chi connectivity index (χ3n) is 3.43. The van der Waals surface area contributed by atoms with Crippen LogP contribution in [0.4, 0.5) is 0 Å². The topological polar surface area (TPSA) is 44.5 Å². The van der Waals surface area contributed by atoms with E-state index in [2.05, 4.69) is 18.2 Å². The zero-order chi connectivity index (χ0) is 14.2. The lowest BCUT2D eigenvalue weighted by molar-refractivity contribution is 0.281. The van der Waals surface area contributed by atoms with Crippen LogP contribution >= 0.6 is 0 Å². The van der Waals surface area contributed by atoms with E-state index in [0.717, 1.165) is 43.7 Å². The van der Waals surface area contributed by atoms with Crippen molar-refractivity contribution in [1.29, 1.82) is 0 Å². The number of nitrogens with two attached hydrogens (primary N) is 1. The molecule has 0 unspecified atom stereocenters. The highest BCUT2D eigenvalue weighted by Gasteiger charge is 2.09. The van der Waals surface area contributed by atoms with Gasteiger partial charge in [0.25, 0.3) is 0 Å². The van der Waals surface area contributed by atoms with E-state index in [9.17, 15) is 0 Å². The molecule has 1 aliphatic rings. The minimum Gasteiger partial charge on any atom is -0.497 e. The summed E-state index contributed by atoms with van der Waals surface area (Å²) in [5.74, 6) is 1.85. The van der Waals surface area contributed by atoms with Gasteiger partial charge in [-0.2, -0.15) is 0 Å². The van der Waals surface area contributed by atoms with E-state index in [4.69, 9.17) is 15.2 Å². The lowest BCUT2D eigenvalue weighted by atomic mass is 10.0. The summed E-state index contributed by atoms with van der Waals surface area (Å²) in [5.41, 5.74) is 8.04. The van der Waals surface area contributed by atoms with Gasteiger partial charge in [-0.05, 0) is 56.0 Å². The molecule has 20 heavy (non-hydrogen) atoms. The molecule has 3 heteroatoms. The summed E-state index contributed by atoms with van der Waals surface area (Å²) in [6.45, 7) is 1.31. The fourth-order valence-electron chi connectivity index (χ4n) is 2.31. The van der Waals surface area contributed by atoms with Crippen LogP contribution in [-0.2, 0) is 11.2 Å². The zero-order valence-corrected chi connectivity index (χ0v) is 12.1. The Morgan fingerprint density at radius 2 is 2.20 bits per heavy atom. The van der Waals surface area contributed by atoms with Gasteiger partial charge in [-0.25, -0.2) is 0 Å². The zero-order valence-electron chi connectivity index (χ0n) is 12.1. The Morgan fingerprint density at radius 1 is 1.30 bits per heavy atom. The highest BCUT2D eigenvalue weighted by molar-refractivity contribution is 5.30. The molecule has 0 fully saturated rings. The van der Waals surface area contributed by atoms with E-state index in [1.165, 1.54) is 11.1 Å². The summed E-state index contributed by atoms with van der Waals surface area (Å²) >= 11 is 0. The van der Waals surface area contributed by atoms with Gasteiger partial charge in [0.15, 0.2) is 0 Å². The van der Waals surface area contributed by atoms with E-state index >= 15 is 0 Å². The van der Waals surface area contributed by atoms with Gasteiger partial charge in [0.05, 0.1) is 7.11 Å². The van der Waals surface area contributed by atoms with Crippen LogP contribution in [0.25, 0.3) is 0 Å². The number of hydrogen-bond donors (Lipinski definition) is 1. The Bertz CT molecular complexity index is 492. The smallest absolute Gasteiger partial charge is 0.121 e. The van der Waals surface area contributed by atoms with Crippen LogP contribution < -0.4 is 10.5 Å². The molecule has 0 bridgehead atoms. The normalized spacial score (nSPS) is 14.5. The van der Waals surface area contributed by atoms with E-state index in [0.29, 0.717) is 6.61 Å². The minimum atomic E-state index is 0.591. The molecule has 0 radical (unpaired) electrons. The van der Waals surface area contributed by atoms with Gasteiger partial charge in [0.1, 0.15) is 18.1 Å². The standard InChI is InChI=1S/C17H23NO2/c1-19-17-10-3-2-8-15(17)13-20-16-9-4-6-14(12-16)7-5-11-18/h3-4,6,9-10,12H,2,5,7-8,11,13,18H2,1H3. The molecule has 1 aromatic carbocycles. The number of allylic oxidation sites excluding steroid dienone is 2. The van der Waals surface area contributed by atoms with E-state index in [1.807, 2.05) is 18.2 Å². The van der Waals surface area contributed by atoms with Crippen molar-refractivity contribution in [3.63, 3.8) is 0 Å². The van der Waals surface area contributed by atoms with Crippen molar-refractivity contribution in [3.05, 3.63) is 53.3 Å². The van der Waals surface area contributed by atoms with Crippen molar-refractivity contribution >= 4 is 0 Å². The van der Waals surface area contributed by atoms with E-state index in [-0.39, 0.29) is 0 Å². The minimum absolute atomic E-state index is 0.591. The average Bonchev–Trinajstić information content (AvgIpc) is 2.51. The molecule has 1 aromatic rings. The molecule has 0 aromatic heterocycles. The second-order valence-corrected chi connectivity index (χ2v) is 4.94. The summed E-state index contributed by atoms with van der Waals surface area (Å²) in [6.07, 6.45) is 8.24. The molecule has 0 amide bonds. The van der Waals surface area contributed by atoms with E-state index in [1.54, 1.807) is 7.11 Å². The van der Waals surface area contributed by atoms with Crippen LogP contribution in [0, 0.1) is 0 Å². The predicted octanol–water partition coefficient (Wildman–Crippen LogP) is 3.21. The number of methoxy groups -OCH3 is 1. The van der Waals surface area contributed by atoms with Crippen molar-refractivity contribution in [3.8, 4) is 5.75 Å². The van der Waals surface area contributed by atoms with Crippen molar-refractivity contribution < 1.29 is 9.47 Å². The first-order valence-electron chi connectivity index (χ1n) is 7.18. The Morgan fingerprint density at radius 3 is 3.00 bits per heavy atom. The molecular weight excluding hydrogens is 250 g/mol. The number of rotatable bonds is 7. The lowest BCUT2D eigenvalue weighted by Crippen LogP contribution is -2.07. The predicted molar refractivity (Wildman–Crippen MR) is 81.7 cm³/mol. The van der Waals surface area contributed by atoms with Crippen molar-refractivity contribution in [2.24, 2.45) is 5.73 Å². The maximum atomic E-state index is 5.90. The quantitative estimate of drug-likeness (QED) is 0.829. The van der Waals surface area contributed by atoms with Gasteiger partial charge in [-0.1, -0.05) is 18.2 Å². The molecule has 108 valence electrons. The molecule has 0 aliphatic heterocycles. The van der Waals surface area contributed by atoms with Crippen LogP contribution in [0.5, 0.6) is 5.75 Å². The van der Waals surface area contributed by atoms with Crippen LogP contribution in [0.15, 0.2) is 47.7 Å². The number of ether oxygens (including phenoxy) is 2. The second-order valence-electron chi connectivity index (χ2n) is 4.94.